The average Bonchev–Trinajstić information content (AvgIpc) is 2.48. The van der Waals surface area contributed by atoms with Crippen LogP contribution in [0.1, 0.15) is 16.7 Å². The Morgan fingerprint density at radius 1 is 1.27 bits per heavy atom. The number of hydrogen-bond acceptors (Lipinski definition) is 4. The number of hydrazone groups is 1. The quantitative estimate of drug-likeness (QED) is 0.658. The zero-order chi connectivity index (χ0) is 15.9. The highest BCUT2D eigenvalue weighted by molar-refractivity contribution is 5.83. The minimum Gasteiger partial charge on any atom is -0.508 e. The van der Waals surface area contributed by atoms with Gasteiger partial charge in [-0.1, -0.05) is 24.3 Å². The third kappa shape index (κ3) is 4.63. The number of carbonyl (C=O) groups is 1. The van der Waals surface area contributed by atoms with Gasteiger partial charge in [0.25, 0.3) is 5.91 Å². The van der Waals surface area contributed by atoms with Gasteiger partial charge in [0, 0.05) is 0 Å². The predicted octanol–water partition coefficient (Wildman–Crippen LogP) is 2.54. The molecule has 114 valence electrons. The smallest absolute Gasteiger partial charge is 0.277 e. The van der Waals surface area contributed by atoms with Gasteiger partial charge in [0.1, 0.15) is 11.5 Å². The van der Waals surface area contributed by atoms with Gasteiger partial charge in [-0.15, -0.1) is 0 Å². The first kappa shape index (κ1) is 15.6. The van der Waals surface area contributed by atoms with Gasteiger partial charge in [-0.3, -0.25) is 4.79 Å². The number of nitrogens with one attached hydrogen (secondary N) is 1. The second-order valence-corrected chi connectivity index (χ2v) is 4.95. The third-order valence-electron chi connectivity index (χ3n) is 2.98. The maximum absolute atomic E-state index is 11.7. The molecule has 0 aromatic heterocycles. The summed E-state index contributed by atoms with van der Waals surface area (Å²) in [5, 5.41) is 13.1. The first-order chi connectivity index (χ1) is 10.5. The van der Waals surface area contributed by atoms with Crippen LogP contribution in [0, 0.1) is 13.8 Å². The lowest BCUT2D eigenvalue weighted by Gasteiger charge is -2.08. The second kappa shape index (κ2) is 7.26. The van der Waals surface area contributed by atoms with E-state index in [1.54, 1.807) is 24.3 Å². The number of phenols is 1. The fourth-order valence-electron chi connectivity index (χ4n) is 1.82. The molecule has 0 fully saturated rings. The summed E-state index contributed by atoms with van der Waals surface area (Å²) in [7, 11) is 0. The van der Waals surface area contributed by atoms with Crippen LogP contribution < -0.4 is 10.2 Å². The Labute approximate surface area is 129 Å². The molecule has 0 radical (unpaired) electrons. The Hall–Kier alpha value is -2.82. The van der Waals surface area contributed by atoms with Crippen LogP contribution in [0.5, 0.6) is 11.5 Å². The fraction of sp³-hybridized carbons (Fsp3) is 0.176. The first-order valence-electron chi connectivity index (χ1n) is 6.85. The van der Waals surface area contributed by atoms with E-state index in [1.165, 1.54) is 6.21 Å². The van der Waals surface area contributed by atoms with Crippen molar-refractivity contribution in [1.29, 1.82) is 0 Å². The minimum absolute atomic E-state index is 0.109. The lowest BCUT2D eigenvalue weighted by Crippen LogP contribution is -2.24. The summed E-state index contributed by atoms with van der Waals surface area (Å²) >= 11 is 0. The lowest BCUT2D eigenvalue weighted by atomic mass is 10.1. The van der Waals surface area contributed by atoms with Crippen LogP contribution in [-0.2, 0) is 4.79 Å². The van der Waals surface area contributed by atoms with Crippen LogP contribution in [0.25, 0.3) is 0 Å². The zero-order valence-corrected chi connectivity index (χ0v) is 12.5. The molecule has 0 spiro atoms. The molecule has 0 saturated carbocycles. The van der Waals surface area contributed by atoms with Gasteiger partial charge in [-0.25, -0.2) is 5.43 Å². The number of aryl methyl sites for hydroxylation is 2. The molecular weight excluding hydrogens is 280 g/mol. The highest BCUT2D eigenvalue weighted by Crippen LogP contribution is 2.18. The van der Waals surface area contributed by atoms with E-state index in [0.717, 1.165) is 11.1 Å². The minimum atomic E-state index is -0.350. The standard InChI is InChI=1S/C17H18N2O3/c1-12-6-7-13(2)16(8-12)22-11-17(21)19-18-10-14-4-3-5-15(20)9-14/h3-10,20H,11H2,1-2H3,(H,19,21). The van der Waals surface area contributed by atoms with Crippen molar-refractivity contribution >= 4 is 12.1 Å². The largest absolute Gasteiger partial charge is 0.508 e. The Kier molecular flexibility index (Phi) is 5.14. The van der Waals surface area contributed by atoms with Crippen LogP contribution in [0.15, 0.2) is 47.6 Å². The molecule has 5 nitrogen and oxygen atoms in total. The van der Waals surface area contributed by atoms with Crippen LogP contribution in [0.3, 0.4) is 0 Å². The number of amides is 1. The number of benzene rings is 2. The highest BCUT2D eigenvalue weighted by Gasteiger charge is 2.04. The summed E-state index contributed by atoms with van der Waals surface area (Å²) in [6, 6.07) is 12.4. The lowest BCUT2D eigenvalue weighted by molar-refractivity contribution is -0.123. The molecule has 0 aliphatic rings. The molecule has 0 unspecified atom stereocenters. The van der Waals surface area contributed by atoms with Gasteiger partial charge in [0.15, 0.2) is 6.61 Å². The molecule has 1 amide bonds. The van der Waals surface area contributed by atoms with Crippen molar-refractivity contribution in [3.05, 3.63) is 59.2 Å². The van der Waals surface area contributed by atoms with Crippen LogP contribution in [0.4, 0.5) is 0 Å². The van der Waals surface area contributed by atoms with Crippen molar-refractivity contribution in [2.45, 2.75) is 13.8 Å². The van der Waals surface area contributed by atoms with Crippen molar-refractivity contribution in [1.82, 2.24) is 5.43 Å². The molecule has 0 heterocycles. The summed E-state index contributed by atoms with van der Waals surface area (Å²) in [6.07, 6.45) is 1.45. The number of nitrogens with zero attached hydrogens (tertiary/aromatic N) is 1. The number of carbonyl (C=O) groups excluding carboxylic acids is 1. The molecule has 0 bridgehead atoms. The Morgan fingerprint density at radius 3 is 2.86 bits per heavy atom. The summed E-state index contributed by atoms with van der Waals surface area (Å²) in [5.41, 5.74) is 5.12. The molecule has 5 heteroatoms. The molecule has 0 atom stereocenters. The van der Waals surface area contributed by atoms with E-state index in [9.17, 15) is 9.90 Å². The molecule has 0 aliphatic carbocycles. The molecule has 2 aromatic carbocycles. The topological polar surface area (TPSA) is 70.9 Å². The van der Waals surface area contributed by atoms with Crippen molar-refractivity contribution in [2.75, 3.05) is 6.61 Å². The van der Waals surface area contributed by atoms with Gasteiger partial charge >= 0.3 is 0 Å². The van der Waals surface area contributed by atoms with E-state index >= 15 is 0 Å². The molecule has 2 rings (SSSR count). The maximum Gasteiger partial charge on any atom is 0.277 e. The second-order valence-electron chi connectivity index (χ2n) is 4.95. The van der Waals surface area contributed by atoms with Gasteiger partial charge in [0.05, 0.1) is 6.21 Å². The molecule has 2 N–H and O–H groups in total. The molecule has 2 aromatic rings. The normalized spacial score (nSPS) is 10.6. The Balaban J connectivity index is 1.84. The van der Waals surface area contributed by atoms with E-state index in [2.05, 4.69) is 10.5 Å². The number of phenolic OH excluding ortho intramolecular Hbond substituents is 1. The fourth-order valence-corrected chi connectivity index (χ4v) is 1.82. The van der Waals surface area contributed by atoms with Crippen molar-refractivity contribution in [3.63, 3.8) is 0 Å². The van der Waals surface area contributed by atoms with Crippen molar-refractivity contribution in [2.24, 2.45) is 5.10 Å². The SMILES string of the molecule is Cc1ccc(C)c(OCC(=O)NN=Cc2cccc(O)c2)c1. The zero-order valence-electron chi connectivity index (χ0n) is 12.5. The monoisotopic (exact) mass is 298 g/mol. The van der Waals surface area contributed by atoms with E-state index in [4.69, 9.17) is 4.74 Å². The van der Waals surface area contributed by atoms with Crippen molar-refractivity contribution in [3.8, 4) is 11.5 Å². The average molecular weight is 298 g/mol. The van der Waals surface area contributed by atoms with Crippen molar-refractivity contribution < 1.29 is 14.6 Å². The Bertz CT molecular complexity index is 696. The van der Waals surface area contributed by atoms with E-state index in [-0.39, 0.29) is 18.3 Å². The summed E-state index contributed by atoms with van der Waals surface area (Å²) < 4.78 is 5.48. The van der Waals surface area contributed by atoms with Gasteiger partial charge in [-0.2, -0.15) is 5.10 Å². The van der Waals surface area contributed by atoms with Gasteiger partial charge < -0.3 is 9.84 Å². The molecule has 0 saturated heterocycles. The predicted molar refractivity (Wildman–Crippen MR) is 85.3 cm³/mol. The number of hydrogen-bond donors (Lipinski definition) is 2. The number of aromatic hydroxyl groups is 1. The molecule has 22 heavy (non-hydrogen) atoms. The van der Waals surface area contributed by atoms with Gasteiger partial charge in [0.2, 0.25) is 0 Å². The van der Waals surface area contributed by atoms with E-state index in [1.807, 2.05) is 32.0 Å². The summed E-state index contributed by atoms with van der Waals surface area (Å²) in [5.74, 6) is 0.484. The first-order valence-corrected chi connectivity index (χ1v) is 6.85. The Morgan fingerprint density at radius 2 is 2.09 bits per heavy atom. The van der Waals surface area contributed by atoms with Gasteiger partial charge in [-0.05, 0) is 48.7 Å². The summed E-state index contributed by atoms with van der Waals surface area (Å²) in [4.78, 5) is 11.7. The van der Waals surface area contributed by atoms with E-state index in [0.29, 0.717) is 11.3 Å². The molecule has 0 aliphatic heterocycles. The maximum atomic E-state index is 11.7. The summed E-state index contributed by atoms with van der Waals surface area (Å²) in [6.45, 7) is 3.78. The van der Waals surface area contributed by atoms with Crippen LogP contribution in [-0.4, -0.2) is 23.8 Å². The number of ether oxygens (including phenoxy) is 1. The highest BCUT2D eigenvalue weighted by atomic mass is 16.5. The van der Waals surface area contributed by atoms with Crippen LogP contribution in [0.2, 0.25) is 0 Å². The van der Waals surface area contributed by atoms with Crippen LogP contribution >= 0.6 is 0 Å². The third-order valence-corrected chi connectivity index (χ3v) is 2.98. The number of rotatable bonds is 5. The van der Waals surface area contributed by atoms with E-state index < -0.39 is 0 Å². The molecular formula is C17H18N2O3.